The smallest absolute Gasteiger partial charge is 0.254 e. The monoisotopic (exact) mass is 463 g/mol. The molecule has 0 N–H and O–H groups in total. The highest BCUT2D eigenvalue weighted by molar-refractivity contribution is 6.33. The fourth-order valence-corrected chi connectivity index (χ4v) is 5.28. The first-order valence-corrected chi connectivity index (χ1v) is 12.3. The molecule has 3 heterocycles. The van der Waals surface area contributed by atoms with Crippen LogP contribution in [0.15, 0.2) is 54.9 Å². The lowest BCUT2D eigenvalue weighted by molar-refractivity contribution is 0.0737. The molecule has 5 nitrogen and oxygen atoms in total. The fraction of sp³-hybridized carbons (Fsp3) is 0.407. The standard InChI is InChI=1S/C27H30ClN3O2/c28-25-9-8-21(15-26(25)30-10-4-1-5-11-30)27(32)31-12-13-33-19-20(18-31)14-23-17-29-16-22-6-2-3-7-24(22)23/h2-3,6-9,15-17,20H,1,4-5,10-14,18-19H2. The number of pyridine rings is 1. The van der Waals surface area contributed by atoms with Crippen LogP contribution in [0.4, 0.5) is 5.69 Å². The SMILES string of the molecule is O=C(c1ccc(Cl)c(N2CCCCC2)c1)N1CCOCC(Cc2cncc3ccccc23)C1. The van der Waals surface area contributed by atoms with Crippen LogP contribution in [0.2, 0.25) is 5.02 Å². The summed E-state index contributed by atoms with van der Waals surface area (Å²) in [6.45, 7) is 4.47. The van der Waals surface area contributed by atoms with Crippen LogP contribution < -0.4 is 4.90 Å². The molecule has 5 rings (SSSR count). The Morgan fingerprint density at radius 1 is 1.06 bits per heavy atom. The van der Waals surface area contributed by atoms with Gasteiger partial charge >= 0.3 is 0 Å². The third-order valence-corrected chi connectivity index (χ3v) is 7.09. The molecule has 1 amide bonds. The van der Waals surface area contributed by atoms with Crippen molar-refractivity contribution < 1.29 is 9.53 Å². The van der Waals surface area contributed by atoms with Gasteiger partial charge in [0.05, 0.1) is 23.9 Å². The highest BCUT2D eigenvalue weighted by Gasteiger charge is 2.25. The van der Waals surface area contributed by atoms with Gasteiger partial charge < -0.3 is 14.5 Å². The Labute approximate surface area is 200 Å². The second-order valence-corrected chi connectivity index (χ2v) is 9.54. The predicted octanol–water partition coefficient (Wildman–Crippen LogP) is 5.21. The molecule has 0 aliphatic carbocycles. The zero-order valence-corrected chi connectivity index (χ0v) is 19.6. The van der Waals surface area contributed by atoms with Crippen LogP contribution in [0, 0.1) is 5.92 Å². The molecule has 2 fully saturated rings. The molecule has 0 spiro atoms. The van der Waals surface area contributed by atoms with Gasteiger partial charge in [-0.05, 0) is 54.8 Å². The van der Waals surface area contributed by atoms with Crippen LogP contribution in [-0.2, 0) is 11.2 Å². The van der Waals surface area contributed by atoms with Gasteiger partial charge in [0.1, 0.15) is 0 Å². The molecule has 0 radical (unpaired) electrons. The van der Waals surface area contributed by atoms with Gasteiger partial charge in [0.15, 0.2) is 0 Å². The van der Waals surface area contributed by atoms with Crippen molar-refractivity contribution in [3.05, 3.63) is 71.0 Å². The number of nitrogens with zero attached hydrogens (tertiary/aromatic N) is 3. The summed E-state index contributed by atoms with van der Waals surface area (Å²) in [5.74, 6) is 0.273. The van der Waals surface area contributed by atoms with E-state index in [1.807, 2.05) is 41.6 Å². The van der Waals surface area contributed by atoms with Crippen molar-refractivity contribution in [2.75, 3.05) is 44.3 Å². The minimum atomic E-state index is 0.0523. The Bertz CT molecular complexity index is 1120. The molecule has 172 valence electrons. The van der Waals surface area contributed by atoms with E-state index in [4.69, 9.17) is 16.3 Å². The average Bonchev–Trinajstić information content (AvgIpc) is 3.10. The maximum absolute atomic E-state index is 13.5. The van der Waals surface area contributed by atoms with E-state index >= 15 is 0 Å². The largest absolute Gasteiger partial charge is 0.379 e. The fourth-order valence-electron chi connectivity index (χ4n) is 5.05. The third-order valence-electron chi connectivity index (χ3n) is 6.77. The zero-order valence-electron chi connectivity index (χ0n) is 18.9. The maximum atomic E-state index is 13.5. The van der Waals surface area contributed by atoms with Crippen molar-refractivity contribution >= 4 is 34.0 Å². The Morgan fingerprint density at radius 3 is 2.79 bits per heavy atom. The van der Waals surface area contributed by atoms with Crippen molar-refractivity contribution in [3.8, 4) is 0 Å². The van der Waals surface area contributed by atoms with Crippen LogP contribution in [-0.4, -0.2) is 55.2 Å². The normalized spacial score (nSPS) is 19.5. The van der Waals surface area contributed by atoms with Crippen molar-refractivity contribution in [3.63, 3.8) is 0 Å². The van der Waals surface area contributed by atoms with Gasteiger partial charge in [-0.1, -0.05) is 35.9 Å². The number of ether oxygens (including phenoxy) is 1. The molecule has 0 saturated carbocycles. The van der Waals surface area contributed by atoms with Crippen molar-refractivity contribution in [1.29, 1.82) is 0 Å². The highest BCUT2D eigenvalue weighted by Crippen LogP contribution is 2.30. The first-order valence-electron chi connectivity index (χ1n) is 11.9. The molecular weight excluding hydrogens is 434 g/mol. The number of hydrogen-bond donors (Lipinski definition) is 0. The summed E-state index contributed by atoms with van der Waals surface area (Å²) in [5, 5.41) is 3.08. The average molecular weight is 464 g/mol. The van der Waals surface area contributed by atoms with Crippen LogP contribution in [0.3, 0.4) is 0 Å². The second-order valence-electron chi connectivity index (χ2n) is 9.13. The number of aromatic nitrogens is 1. The summed E-state index contributed by atoms with van der Waals surface area (Å²) in [6, 6.07) is 14.0. The Kier molecular flexibility index (Phi) is 6.79. The molecule has 2 saturated heterocycles. The number of piperidine rings is 1. The molecule has 0 bridgehead atoms. The van der Waals surface area contributed by atoms with E-state index in [-0.39, 0.29) is 11.8 Å². The van der Waals surface area contributed by atoms with Gasteiger partial charge in [0.2, 0.25) is 0 Å². The number of anilines is 1. The number of benzene rings is 2. The summed E-state index contributed by atoms with van der Waals surface area (Å²) in [6.07, 6.45) is 8.28. The number of carbonyl (C=O) groups is 1. The molecule has 33 heavy (non-hydrogen) atoms. The van der Waals surface area contributed by atoms with E-state index < -0.39 is 0 Å². The van der Waals surface area contributed by atoms with Gasteiger partial charge in [-0.3, -0.25) is 9.78 Å². The number of rotatable bonds is 4. The molecule has 2 aliphatic rings. The molecule has 3 aromatic rings. The predicted molar refractivity (Wildman–Crippen MR) is 133 cm³/mol. The number of halogens is 1. The molecule has 1 unspecified atom stereocenters. The van der Waals surface area contributed by atoms with Crippen molar-refractivity contribution in [2.45, 2.75) is 25.7 Å². The van der Waals surface area contributed by atoms with Gasteiger partial charge in [0, 0.05) is 55.4 Å². The molecule has 1 aromatic heterocycles. The van der Waals surface area contributed by atoms with Crippen LogP contribution in [0.5, 0.6) is 0 Å². The molecule has 6 heteroatoms. The lowest BCUT2D eigenvalue weighted by Crippen LogP contribution is -2.36. The Hall–Kier alpha value is -2.63. The topological polar surface area (TPSA) is 45.7 Å². The van der Waals surface area contributed by atoms with Gasteiger partial charge in [0.25, 0.3) is 5.91 Å². The zero-order chi connectivity index (χ0) is 22.6. The quantitative estimate of drug-likeness (QED) is 0.532. The molecule has 1 atom stereocenters. The lowest BCUT2D eigenvalue weighted by Gasteiger charge is -2.30. The van der Waals surface area contributed by atoms with Crippen LogP contribution in [0.25, 0.3) is 10.8 Å². The summed E-state index contributed by atoms with van der Waals surface area (Å²) >= 11 is 6.51. The van der Waals surface area contributed by atoms with Crippen LogP contribution >= 0.6 is 11.6 Å². The number of hydrogen-bond acceptors (Lipinski definition) is 4. The summed E-state index contributed by atoms with van der Waals surface area (Å²) < 4.78 is 5.90. The third kappa shape index (κ3) is 4.99. The van der Waals surface area contributed by atoms with E-state index in [0.717, 1.165) is 30.6 Å². The van der Waals surface area contributed by atoms with E-state index in [2.05, 4.69) is 28.1 Å². The van der Waals surface area contributed by atoms with E-state index in [0.29, 0.717) is 36.9 Å². The molecule has 2 aromatic carbocycles. The second kappa shape index (κ2) is 10.1. The van der Waals surface area contributed by atoms with E-state index in [9.17, 15) is 4.79 Å². The lowest BCUT2D eigenvalue weighted by atomic mass is 9.96. The van der Waals surface area contributed by atoms with E-state index in [1.165, 1.54) is 30.2 Å². The summed E-state index contributed by atoms with van der Waals surface area (Å²) in [5.41, 5.74) is 2.88. The summed E-state index contributed by atoms with van der Waals surface area (Å²) in [4.78, 5) is 22.2. The highest BCUT2D eigenvalue weighted by atomic mass is 35.5. The minimum absolute atomic E-state index is 0.0523. The maximum Gasteiger partial charge on any atom is 0.254 e. The van der Waals surface area contributed by atoms with E-state index in [1.54, 1.807) is 0 Å². The van der Waals surface area contributed by atoms with Gasteiger partial charge in [-0.15, -0.1) is 0 Å². The molecular formula is C27H30ClN3O2. The van der Waals surface area contributed by atoms with Gasteiger partial charge in [-0.25, -0.2) is 0 Å². The van der Waals surface area contributed by atoms with Crippen molar-refractivity contribution in [2.24, 2.45) is 5.92 Å². The number of carbonyl (C=O) groups excluding carboxylic acids is 1. The number of amides is 1. The van der Waals surface area contributed by atoms with Crippen molar-refractivity contribution in [1.82, 2.24) is 9.88 Å². The molecule has 2 aliphatic heterocycles. The van der Waals surface area contributed by atoms with Gasteiger partial charge in [-0.2, -0.15) is 0 Å². The summed E-state index contributed by atoms with van der Waals surface area (Å²) in [7, 11) is 0. The number of fused-ring (bicyclic) bond motifs is 1. The first kappa shape index (κ1) is 22.2. The Morgan fingerprint density at radius 2 is 1.91 bits per heavy atom. The van der Waals surface area contributed by atoms with Crippen LogP contribution in [0.1, 0.15) is 35.2 Å². The Balaban J connectivity index is 1.34. The first-order chi connectivity index (χ1) is 16.2. The minimum Gasteiger partial charge on any atom is -0.379 e.